The largest absolute Gasteiger partial charge is 0.333 e. The Kier molecular flexibility index (Phi) is 6.60. The van der Waals surface area contributed by atoms with E-state index in [1.165, 1.54) is 28.7 Å². The highest BCUT2D eigenvalue weighted by Crippen LogP contribution is 2.38. The third-order valence-electron chi connectivity index (χ3n) is 7.60. The van der Waals surface area contributed by atoms with Crippen molar-refractivity contribution in [1.82, 2.24) is 14.3 Å². The average Bonchev–Trinajstić information content (AvgIpc) is 3.41. The van der Waals surface area contributed by atoms with Crippen LogP contribution in [0.1, 0.15) is 74.1 Å². The standard InChI is InChI=1S/C23H36N4O3S/c1-3-27(2)23(13-5-4-6-14-23)16-24-31(29,30)26-22(28)25-21-19-11-7-9-17(19)15-18-10-8-12-20(18)21/h15,24H,3-14,16H2,1-2H3,(H2,25,26,28). The highest BCUT2D eigenvalue weighted by molar-refractivity contribution is 7.88. The molecule has 0 saturated heterocycles. The maximum absolute atomic E-state index is 12.7. The summed E-state index contributed by atoms with van der Waals surface area (Å²) in [6.45, 7) is 3.27. The van der Waals surface area contributed by atoms with Crippen LogP contribution in [0.2, 0.25) is 0 Å². The normalized spacial score (nSPS) is 19.8. The van der Waals surface area contributed by atoms with Gasteiger partial charge in [0.05, 0.1) is 0 Å². The molecule has 1 fully saturated rings. The van der Waals surface area contributed by atoms with Gasteiger partial charge in [0.1, 0.15) is 0 Å². The van der Waals surface area contributed by atoms with Crippen molar-refractivity contribution in [3.05, 3.63) is 28.3 Å². The first-order chi connectivity index (χ1) is 14.8. The van der Waals surface area contributed by atoms with Gasteiger partial charge < -0.3 is 5.32 Å². The van der Waals surface area contributed by atoms with E-state index in [1.54, 1.807) is 0 Å². The number of amides is 2. The van der Waals surface area contributed by atoms with Gasteiger partial charge >= 0.3 is 16.2 Å². The Bertz CT molecular complexity index is 906. The number of hydrogen-bond acceptors (Lipinski definition) is 4. The first-order valence-electron chi connectivity index (χ1n) is 11.8. The smallest absolute Gasteiger partial charge is 0.307 e. The van der Waals surface area contributed by atoms with E-state index in [0.29, 0.717) is 6.54 Å². The van der Waals surface area contributed by atoms with Crippen LogP contribution >= 0.6 is 0 Å². The summed E-state index contributed by atoms with van der Waals surface area (Å²) in [5.74, 6) is 0. The lowest BCUT2D eigenvalue weighted by Crippen LogP contribution is -2.57. The first kappa shape index (κ1) is 22.6. The molecule has 1 saturated carbocycles. The van der Waals surface area contributed by atoms with Gasteiger partial charge in [-0.3, -0.25) is 4.90 Å². The number of rotatable bonds is 7. The lowest BCUT2D eigenvalue weighted by Gasteiger charge is -2.44. The summed E-state index contributed by atoms with van der Waals surface area (Å²) in [4.78, 5) is 14.9. The van der Waals surface area contributed by atoms with Gasteiger partial charge in [-0.25, -0.2) is 9.52 Å². The lowest BCUT2D eigenvalue weighted by atomic mass is 9.80. The van der Waals surface area contributed by atoms with Crippen LogP contribution < -0.4 is 14.8 Å². The van der Waals surface area contributed by atoms with Gasteiger partial charge in [0.15, 0.2) is 0 Å². The number of aryl methyl sites for hydroxylation is 2. The number of urea groups is 1. The molecule has 2 amide bonds. The highest BCUT2D eigenvalue weighted by atomic mass is 32.2. The Balaban J connectivity index is 1.43. The third-order valence-corrected chi connectivity index (χ3v) is 8.58. The maximum atomic E-state index is 12.7. The monoisotopic (exact) mass is 448 g/mol. The second-order valence-corrected chi connectivity index (χ2v) is 10.9. The number of anilines is 1. The van der Waals surface area contributed by atoms with Crippen LogP contribution in [0.4, 0.5) is 10.5 Å². The molecule has 0 radical (unpaired) electrons. The molecule has 0 heterocycles. The number of hydrogen-bond donors (Lipinski definition) is 3. The van der Waals surface area contributed by atoms with Gasteiger partial charge in [0.2, 0.25) is 0 Å². The summed E-state index contributed by atoms with van der Waals surface area (Å²) in [6, 6.07) is 1.61. The molecule has 3 N–H and O–H groups in total. The minimum absolute atomic E-state index is 0.181. The molecule has 0 atom stereocenters. The molecule has 0 aromatic heterocycles. The molecular weight excluding hydrogens is 412 g/mol. The van der Waals surface area contributed by atoms with Crippen molar-refractivity contribution in [3.8, 4) is 0 Å². The highest BCUT2D eigenvalue weighted by Gasteiger charge is 2.36. The molecule has 7 nitrogen and oxygen atoms in total. The summed E-state index contributed by atoms with van der Waals surface area (Å²) in [7, 11) is -1.90. The SMILES string of the molecule is CCN(C)C1(CNS(=O)(=O)NC(=O)Nc2c3c(cc4c2CCC4)CCC3)CCCCC1. The third kappa shape index (κ3) is 4.76. The van der Waals surface area contributed by atoms with Crippen molar-refractivity contribution in [2.24, 2.45) is 0 Å². The molecule has 1 aromatic rings. The number of carbonyl (C=O) groups excluding carboxylic acids is 1. The van der Waals surface area contributed by atoms with Crippen LogP contribution in [0, 0.1) is 0 Å². The van der Waals surface area contributed by atoms with Gasteiger partial charge in [-0.05, 0) is 87.2 Å². The molecule has 31 heavy (non-hydrogen) atoms. The van der Waals surface area contributed by atoms with E-state index in [9.17, 15) is 13.2 Å². The topological polar surface area (TPSA) is 90.5 Å². The van der Waals surface area contributed by atoms with Crippen LogP contribution in [-0.2, 0) is 35.9 Å². The van der Waals surface area contributed by atoms with E-state index in [-0.39, 0.29) is 5.54 Å². The Morgan fingerprint density at radius 3 is 2.19 bits per heavy atom. The van der Waals surface area contributed by atoms with Gasteiger partial charge in [-0.15, -0.1) is 0 Å². The van der Waals surface area contributed by atoms with Gasteiger partial charge in [0, 0.05) is 17.8 Å². The number of nitrogens with one attached hydrogen (secondary N) is 3. The van der Waals surface area contributed by atoms with Crippen molar-refractivity contribution in [1.29, 1.82) is 0 Å². The second-order valence-electron chi connectivity index (χ2n) is 9.41. The Hall–Kier alpha value is -1.64. The Labute approximate surface area is 186 Å². The second kappa shape index (κ2) is 9.08. The van der Waals surface area contributed by atoms with E-state index >= 15 is 0 Å². The number of likely N-dealkylation sites (N-methyl/N-ethyl adjacent to an activating group) is 1. The molecule has 0 spiro atoms. The molecule has 4 rings (SSSR count). The van der Waals surface area contributed by atoms with Crippen LogP contribution in [-0.4, -0.2) is 45.0 Å². The van der Waals surface area contributed by atoms with Gasteiger partial charge in [-0.1, -0.05) is 32.3 Å². The van der Waals surface area contributed by atoms with Crippen molar-refractivity contribution in [2.75, 3.05) is 25.5 Å². The van der Waals surface area contributed by atoms with Crippen molar-refractivity contribution < 1.29 is 13.2 Å². The lowest BCUT2D eigenvalue weighted by molar-refractivity contribution is 0.0843. The van der Waals surface area contributed by atoms with E-state index in [1.807, 2.05) is 0 Å². The van der Waals surface area contributed by atoms with Crippen LogP contribution in [0.15, 0.2) is 6.07 Å². The Morgan fingerprint density at radius 1 is 1.00 bits per heavy atom. The summed E-state index contributed by atoms with van der Waals surface area (Å²) >= 11 is 0. The van der Waals surface area contributed by atoms with E-state index in [2.05, 4.69) is 39.7 Å². The fraction of sp³-hybridized carbons (Fsp3) is 0.696. The maximum Gasteiger partial charge on any atom is 0.333 e. The zero-order chi connectivity index (χ0) is 22.1. The predicted molar refractivity (Wildman–Crippen MR) is 124 cm³/mol. The zero-order valence-electron chi connectivity index (χ0n) is 18.8. The summed E-state index contributed by atoms with van der Waals surface area (Å²) < 4.78 is 30.2. The molecule has 0 aliphatic heterocycles. The van der Waals surface area contributed by atoms with E-state index in [0.717, 1.165) is 76.4 Å². The van der Waals surface area contributed by atoms with Gasteiger partial charge in [0.25, 0.3) is 0 Å². The number of carbonyl (C=O) groups is 1. The average molecular weight is 449 g/mol. The molecular formula is C23H36N4O3S. The molecule has 1 aromatic carbocycles. The number of fused-ring (bicyclic) bond motifs is 2. The summed E-state index contributed by atoms with van der Waals surface area (Å²) in [5.41, 5.74) is 5.65. The number of nitrogens with zero attached hydrogens (tertiary/aromatic N) is 1. The quantitative estimate of drug-likeness (QED) is 0.597. The minimum Gasteiger partial charge on any atom is -0.307 e. The molecule has 0 bridgehead atoms. The fourth-order valence-corrected chi connectivity index (χ4v) is 6.56. The minimum atomic E-state index is -3.95. The fourth-order valence-electron chi connectivity index (χ4n) is 5.73. The van der Waals surface area contributed by atoms with Gasteiger partial charge in [-0.2, -0.15) is 13.1 Å². The summed E-state index contributed by atoms with van der Waals surface area (Å²) in [5, 5.41) is 2.90. The molecule has 3 aliphatic rings. The zero-order valence-corrected chi connectivity index (χ0v) is 19.7. The van der Waals surface area contributed by atoms with Crippen molar-refractivity contribution >= 4 is 21.9 Å². The Morgan fingerprint density at radius 2 is 1.61 bits per heavy atom. The first-order valence-corrected chi connectivity index (χ1v) is 13.3. The van der Waals surface area contributed by atoms with Crippen LogP contribution in [0.3, 0.4) is 0 Å². The van der Waals surface area contributed by atoms with Crippen molar-refractivity contribution in [2.45, 2.75) is 83.1 Å². The van der Waals surface area contributed by atoms with E-state index in [4.69, 9.17) is 0 Å². The van der Waals surface area contributed by atoms with Crippen LogP contribution in [0.5, 0.6) is 0 Å². The van der Waals surface area contributed by atoms with Crippen molar-refractivity contribution in [3.63, 3.8) is 0 Å². The molecule has 0 unspecified atom stereocenters. The van der Waals surface area contributed by atoms with E-state index < -0.39 is 16.2 Å². The predicted octanol–water partition coefficient (Wildman–Crippen LogP) is 3.27. The molecule has 172 valence electrons. The molecule has 8 heteroatoms. The van der Waals surface area contributed by atoms with Crippen LogP contribution in [0.25, 0.3) is 0 Å². The summed E-state index contributed by atoms with van der Waals surface area (Å²) in [6.07, 6.45) is 11.4. The number of benzene rings is 1. The molecule has 3 aliphatic carbocycles.